The van der Waals surface area contributed by atoms with Gasteiger partial charge in [0.2, 0.25) is 0 Å². The molecule has 0 spiro atoms. The lowest BCUT2D eigenvalue weighted by molar-refractivity contribution is 0.00527. The zero-order chi connectivity index (χ0) is 10.6. The molecule has 86 valence electrons. The van der Waals surface area contributed by atoms with Gasteiger partial charge < -0.3 is 14.3 Å². The van der Waals surface area contributed by atoms with E-state index < -0.39 is 0 Å². The third-order valence-electron chi connectivity index (χ3n) is 1.50. The van der Waals surface area contributed by atoms with E-state index in [1.807, 2.05) is 0 Å². The molecule has 4 heteroatoms. The van der Waals surface area contributed by atoms with Crippen LogP contribution < -0.4 is 5.48 Å². The van der Waals surface area contributed by atoms with Crippen LogP contribution >= 0.6 is 0 Å². The van der Waals surface area contributed by atoms with Gasteiger partial charge in [0.15, 0.2) is 0 Å². The van der Waals surface area contributed by atoms with Gasteiger partial charge in [-0.15, -0.1) is 0 Å². The molecule has 0 aromatic rings. The predicted octanol–water partition coefficient (Wildman–Crippen LogP) is 1.22. The molecule has 0 atom stereocenters. The van der Waals surface area contributed by atoms with Crippen LogP contribution in [0.2, 0.25) is 0 Å². The van der Waals surface area contributed by atoms with Gasteiger partial charge >= 0.3 is 0 Å². The lowest BCUT2D eigenvalue weighted by Gasteiger charge is -2.08. The molecule has 0 fully saturated rings. The maximum Gasteiger partial charge on any atom is 0.0705 e. The monoisotopic (exact) mass is 205 g/mol. The Bertz CT molecular complexity index is 110. The lowest BCUT2D eigenvalue weighted by atomic mass is 10.2. The quantitative estimate of drug-likeness (QED) is 0.430. The number of hydrogen-bond donors (Lipinski definition) is 1. The zero-order valence-electron chi connectivity index (χ0n) is 9.54. The molecule has 1 N–H and O–H groups in total. The molecule has 14 heavy (non-hydrogen) atoms. The van der Waals surface area contributed by atoms with Gasteiger partial charge in [0.25, 0.3) is 0 Å². The van der Waals surface area contributed by atoms with Crippen LogP contribution in [-0.2, 0) is 14.3 Å². The van der Waals surface area contributed by atoms with Crippen LogP contribution in [0.25, 0.3) is 0 Å². The molecule has 0 aliphatic carbocycles. The minimum atomic E-state index is 0.560. The third kappa shape index (κ3) is 11.8. The summed E-state index contributed by atoms with van der Waals surface area (Å²) >= 11 is 0. The highest BCUT2D eigenvalue weighted by Gasteiger charge is 1.93. The minimum absolute atomic E-state index is 0.560. The molecular weight excluding hydrogens is 182 g/mol. The van der Waals surface area contributed by atoms with Gasteiger partial charge in [-0.1, -0.05) is 13.8 Å². The second kappa shape index (κ2) is 10.9. The van der Waals surface area contributed by atoms with E-state index in [0.29, 0.717) is 12.5 Å². The van der Waals surface area contributed by atoms with E-state index >= 15 is 0 Å². The second-order valence-corrected chi connectivity index (χ2v) is 3.56. The first-order valence-electron chi connectivity index (χ1n) is 5.18. The Labute approximate surface area is 86.9 Å². The fourth-order valence-corrected chi connectivity index (χ4v) is 0.819. The van der Waals surface area contributed by atoms with Crippen LogP contribution in [0.15, 0.2) is 0 Å². The van der Waals surface area contributed by atoms with Crippen LogP contribution in [0.4, 0.5) is 0 Å². The first kappa shape index (κ1) is 13.8. The Morgan fingerprint density at radius 1 is 1.14 bits per heavy atom. The third-order valence-corrected chi connectivity index (χ3v) is 1.50. The van der Waals surface area contributed by atoms with Crippen LogP contribution in [0.3, 0.4) is 0 Å². The van der Waals surface area contributed by atoms with Crippen molar-refractivity contribution in [3.05, 3.63) is 0 Å². The van der Waals surface area contributed by atoms with Gasteiger partial charge in [-0.3, -0.25) is 0 Å². The van der Waals surface area contributed by atoms with Gasteiger partial charge in [-0.05, 0) is 12.3 Å². The highest BCUT2D eigenvalue weighted by Crippen LogP contribution is 1.89. The molecule has 0 rings (SSSR count). The second-order valence-electron chi connectivity index (χ2n) is 3.56. The molecule has 0 aliphatic rings. The summed E-state index contributed by atoms with van der Waals surface area (Å²) < 4.78 is 10.2. The molecule has 4 nitrogen and oxygen atoms in total. The molecule has 0 aliphatic heterocycles. The summed E-state index contributed by atoms with van der Waals surface area (Å²) in [5.41, 5.74) is 2.85. The van der Waals surface area contributed by atoms with E-state index in [4.69, 9.17) is 14.3 Å². The molecule has 0 saturated carbocycles. The first-order valence-corrected chi connectivity index (χ1v) is 5.18. The van der Waals surface area contributed by atoms with Crippen molar-refractivity contribution >= 4 is 0 Å². The van der Waals surface area contributed by atoms with Gasteiger partial charge in [0.05, 0.1) is 13.2 Å². The number of ether oxygens (including phenoxy) is 2. The van der Waals surface area contributed by atoms with E-state index in [9.17, 15) is 0 Å². The maximum atomic E-state index is 5.32. The van der Waals surface area contributed by atoms with Crippen molar-refractivity contribution in [3.63, 3.8) is 0 Å². The number of hydrogen-bond acceptors (Lipinski definition) is 4. The van der Waals surface area contributed by atoms with Crippen molar-refractivity contribution in [1.82, 2.24) is 5.48 Å². The predicted molar refractivity (Wildman–Crippen MR) is 56.1 cm³/mol. The standard InChI is InChI=1S/C10H23NO3/c1-10(2)9-14-11-5-8-13-7-4-6-12-3/h10-11H,4-9H2,1-3H3. The molecule has 0 heterocycles. The smallest absolute Gasteiger partial charge is 0.0705 e. The van der Waals surface area contributed by atoms with E-state index in [-0.39, 0.29) is 0 Å². The summed E-state index contributed by atoms with van der Waals surface area (Å²) in [6, 6.07) is 0. The van der Waals surface area contributed by atoms with Crippen molar-refractivity contribution in [2.75, 3.05) is 40.1 Å². The first-order chi connectivity index (χ1) is 6.77. The number of methoxy groups -OCH3 is 1. The Morgan fingerprint density at radius 3 is 2.57 bits per heavy atom. The molecule has 0 aromatic heterocycles. The number of hydroxylamine groups is 1. The molecule has 0 unspecified atom stereocenters. The molecule has 0 radical (unpaired) electrons. The van der Waals surface area contributed by atoms with E-state index in [2.05, 4.69) is 19.3 Å². The summed E-state index contributed by atoms with van der Waals surface area (Å²) in [7, 11) is 1.70. The van der Waals surface area contributed by atoms with Gasteiger partial charge in [-0.2, -0.15) is 0 Å². The Balaban J connectivity index is 2.85. The fourth-order valence-electron chi connectivity index (χ4n) is 0.819. The Hall–Kier alpha value is -0.160. The van der Waals surface area contributed by atoms with Crippen molar-refractivity contribution in [3.8, 4) is 0 Å². The van der Waals surface area contributed by atoms with Crippen LogP contribution in [-0.4, -0.2) is 40.1 Å². The highest BCUT2D eigenvalue weighted by molar-refractivity contribution is 4.39. The average Bonchev–Trinajstić information content (AvgIpc) is 2.15. The van der Waals surface area contributed by atoms with Crippen LogP contribution in [0, 0.1) is 5.92 Å². The number of nitrogens with one attached hydrogen (secondary N) is 1. The summed E-state index contributed by atoms with van der Waals surface area (Å²) in [5.74, 6) is 0.560. The normalized spacial score (nSPS) is 11.1. The summed E-state index contributed by atoms with van der Waals surface area (Å²) in [6.07, 6.45) is 0.948. The zero-order valence-corrected chi connectivity index (χ0v) is 9.54. The molecule has 0 amide bonds. The van der Waals surface area contributed by atoms with Crippen molar-refractivity contribution < 1.29 is 14.3 Å². The average molecular weight is 205 g/mol. The van der Waals surface area contributed by atoms with Crippen LogP contribution in [0.5, 0.6) is 0 Å². The van der Waals surface area contributed by atoms with E-state index in [1.165, 1.54) is 0 Å². The Morgan fingerprint density at radius 2 is 1.93 bits per heavy atom. The molecule has 0 bridgehead atoms. The summed E-state index contributed by atoms with van der Waals surface area (Å²) in [5, 5.41) is 0. The largest absolute Gasteiger partial charge is 0.385 e. The SMILES string of the molecule is COCCCOCCNOCC(C)C. The number of rotatable bonds is 10. The van der Waals surface area contributed by atoms with Gasteiger partial charge in [-0.25, -0.2) is 5.48 Å². The minimum Gasteiger partial charge on any atom is -0.385 e. The van der Waals surface area contributed by atoms with Crippen LogP contribution in [0.1, 0.15) is 20.3 Å². The van der Waals surface area contributed by atoms with Crippen molar-refractivity contribution in [2.45, 2.75) is 20.3 Å². The lowest BCUT2D eigenvalue weighted by Crippen LogP contribution is -2.22. The van der Waals surface area contributed by atoms with Crippen molar-refractivity contribution in [2.24, 2.45) is 5.92 Å². The van der Waals surface area contributed by atoms with E-state index in [1.54, 1.807) is 7.11 Å². The summed E-state index contributed by atoms with van der Waals surface area (Å²) in [6.45, 7) is 7.90. The van der Waals surface area contributed by atoms with Gasteiger partial charge in [0, 0.05) is 26.9 Å². The molecular formula is C10H23NO3. The Kier molecular flexibility index (Phi) is 10.8. The fraction of sp³-hybridized carbons (Fsp3) is 1.00. The van der Waals surface area contributed by atoms with Gasteiger partial charge in [0.1, 0.15) is 0 Å². The molecule has 0 saturated heterocycles. The maximum absolute atomic E-state index is 5.32. The topological polar surface area (TPSA) is 39.7 Å². The van der Waals surface area contributed by atoms with E-state index in [0.717, 1.165) is 32.8 Å². The van der Waals surface area contributed by atoms with Crippen molar-refractivity contribution in [1.29, 1.82) is 0 Å². The highest BCUT2D eigenvalue weighted by atomic mass is 16.6. The summed E-state index contributed by atoms with van der Waals surface area (Å²) in [4.78, 5) is 5.17. The molecule has 0 aromatic carbocycles.